The Balaban J connectivity index is 1.29. The summed E-state index contributed by atoms with van der Waals surface area (Å²) in [4.78, 5) is 26.5. The Morgan fingerprint density at radius 3 is 2.85 bits per heavy atom. The van der Waals surface area contributed by atoms with E-state index in [0.717, 1.165) is 47.5 Å². The number of benzene rings is 1. The first kappa shape index (κ1) is 18.1. The summed E-state index contributed by atoms with van der Waals surface area (Å²) in [5.41, 5.74) is 2.67. The van der Waals surface area contributed by atoms with E-state index in [9.17, 15) is 9.59 Å². The molecule has 2 heterocycles. The first-order valence-electron chi connectivity index (χ1n) is 10.0. The molecule has 0 unspecified atom stereocenters. The van der Waals surface area contributed by atoms with Crippen LogP contribution in [0.4, 0.5) is 0 Å². The van der Waals surface area contributed by atoms with Gasteiger partial charge in [-0.05, 0) is 43.2 Å². The van der Waals surface area contributed by atoms with Crippen LogP contribution in [0.1, 0.15) is 43.2 Å². The number of nitrogens with zero attached hydrogens (tertiary/aromatic N) is 1. The molecule has 1 aliphatic carbocycles. The van der Waals surface area contributed by atoms with Gasteiger partial charge in [-0.2, -0.15) is 0 Å². The van der Waals surface area contributed by atoms with Crippen LogP contribution in [-0.2, 0) is 20.7 Å². The van der Waals surface area contributed by atoms with E-state index in [2.05, 4.69) is 0 Å². The Morgan fingerprint density at radius 1 is 1.19 bits per heavy atom. The fourth-order valence-corrected chi connectivity index (χ4v) is 4.59. The topological polar surface area (TPSA) is 59.8 Å². The van der Waals surface area contributed by atoms with Crippen molar-refractivity contribution in [2.24, 2.45) is 11.8 Å². The minimum atomic E-state index is -0.390. The highest BCUT2D eigenvalue weighted by molar-refractivity contribution is 5.87. The van der Waals surface area contributed by atoms with Crippen LogP contribution in [0.2, 0.25) is 0 Å². The highest BCUT2D eigenvalue weighted by Gasteiger charge is 2.33. The van der Waals surface area contributed by atoms with Crippen LogP contribution in [0.3, 0.4) is 0 Å². The number of ether oxygens (including phenoxy) is 1. The van der Waals surface area contributed by atoms with Gasteiger partial charge in [-0.3, -0.25) is 9.59 Å². The molecule has 1 aliphatic heterocycles. The lowest BCUT2D eigenvalue weighted by molar-refractivity contribution is -0.152. The van der Waals surface area contributed by atoms with Gasteiger partial charge < -0.3 is 14.1 Å². The van der Waals surface area contributed by atoms with Crippen molar-refractivity contribution in [2.75, 3.05) is 19.7 Å². The van der Waals surface area contributed by atoms with Crippen LogP contribution >= 0.6 is 0 Å². The number of carbonyl (C=O) groups excluding carboxylic acids is 2. The van der Waals surface area contributed by atoms with Gasteiger partial charge >= 0.3 is 5.97 Å². The zero-order chi connectivity index (χ0) is 18.8. The van der Waals surface area contributed by atoms with Crippen LogP contribution in [0, 0.1) is 18.8 Å². The first-order valence-corrected chi connectivity index (χ1v) is 10.0. The van der Waals surface area contributed by atoms with Gasteiger partial charge in [0.25, 0.3) is 5.91 Å². The number of likely N-dealkylation sites (tertiary alicyclic amines) is 1. The highest BCUT2D eigenvalue weighted by Crippen LogP contribution is 2.36. The van der Waals surface area contributed by atoms with E-state index in [1.807, 2.05) is 30.0 Å². The summed E-state index contributed by atoms with van der Waals surface area (Å²) in [5.74, 6) is 0.954. The third kappa shape index (κ3) is 4.02. The molecule has 27 heavy (non-hydrogen) atoms. The zero-order valence-electron chi connectivity index (χ0n) is 15.9. The summed E-state index contributed by atoms with van der Waals surface area (Å²) >= 11 is 0. The zero-order valence-corrected chi connectivity index (χ0v) is 15.9. The van der Waals surface area contributed by atoms with Crippen molar-refractivity contribution >= 4 is 22.8 Å². The molecule has 0 radical (unpaired) electrons. The van der Waals surface area contributed by atoms with Gasteiger partial charge in [0.15, 0.2) is 6.61 Å². The van der Waals surface area contributed by atoms with E-state index >= 15 is 0 Å². The molecule has 0 N–H and O–H groups in total. The molecule has 2 atom stereocenters. The summed E-state index contributed by atoms with van der Waals surface area (Å²) < 4.78 is 10.8. The van der Waals surface area contributed by atoms with E-state index in [0.29, 0.717) is 5.92 Å². The summed E-state index contributed by atoms with van der Waals surface area (Å²) in [5, 5.41) is 0.920. The van der Waals surface area contributed by atoms with Crippen molar-refractivity contribution in [3.05, 3.63) is 35.6 Å². The van der Waals surface area contributed by atoms with E-state index in [1.165, 1.54) is 25.7 Å². The third-order valence-electron chi connectivity index (χ3n) is 6.15. The molecule has 1 amide bonds. The number of fused-ring (bicyclic) bond motifs is 2. The first-order chi connectivity index (χ1) is 13.1. The smallest absolute Gasteiger partial charge is 0.310 e. The molecule has 144 valence electrons. The largest absolute Gasteiger partial charge is 0.464 e. The SMILES string of the molecule is Cc1ccc2c(CC(=O)OCC(=O)N3CC[C@H]4CCCC[C@H]4C3)coc2c1. The molecule has 5 heteroatoms. The number of rotatable bonds is 4. The lowest BCUT2D eigenvalue weighted by Gasteiger charge is -2.41. The number of piperidine rings is 1. The maximum atomic E-state index is 12.5. The minimum Gasteiger partial charge on any atom is -0.464 e. The average Bonchev–Trinajstić information content (AvgIpc) is 3.07. The lowest BCUT2D eigenvalue weighted by atomic mass is 9.75. The van der Waals surface area contributed by atoms with Crippen LogP contribution < -0.4 is 0 Å². The van der Waals surface area contributed by atoms with E-state index in [1.54, 1.807) is 6.26 Å². The lowest BCUT2D eigenvalue weighted by Crippen LogP contribution is -2.46. The Morgan fingerprint density at radius 2 is 2.00 bits per heavy atom. The number of amides is 1. The maximum absolute atomic E-state index is 12.5. The highest BCUT2D eigenvalue weighted by atomic mass is 16.5. The van der Waals surface area contributed by atoms with Crippen LogP contribution in [0.25, 0.3) is 11.0 Å². The number of aryl methyl sites for hydroxylation is 1. The molecule has 1 aromatic carbocycles. The number of furan rings is 1. The van der Waals surface area contributed by atoms with Crippen molar-refractivity contribution in [1.29, 1.82) is 0 Å². The minimum absolute atomic E-state index is 0.0694. The quantitative estimate of drug-likeness (QED) is 0.768. The Labute approximate surface area is 159 Å². The van der Waals surface area contributed by atoms with Crippen molar-refractivity contribution in [2.45, 2.75) is 45.4 Å². The number of hydrogen-bond donors (Lipinski definition) is 0. The molecule has 5 nitrogen and oxygen atoms in total. The number of carbonyl (C=O) groups is 2. The van der Waals surface area contributed by atoms with Crippen molar-refractivity contribution in [3.8, 4) is 0 Å². The molecule has 0 spiro atoms. The molecule has 1 aromatic heterocycles. The monoisotopic (exact) mass is 369 g/mol. The second-order valence-corrected chi connectivity index (χ2v) is 8.03. The van der Waals surface area contributed by atoms with Gasteiger partial charge in [0.2, 0.25) is 0 Å². The summed E-state index contributed by atoms with van der Waals surface area (Å²) in [6, 6.07) is 5.89. The molecule has 1 saturated heterocycles. The van der Waals surface area contributed by atoms with E-state index in [4.69, 9.17) is 9.15 Å². The summed E-state index contributed by atoms with van der Waals surface area (Å²) in [7, 11) is 0. The number of esters is 1. The predicted molar refractivity (Wildman–Crippen MR) is 102 cm³/mol. The third-order valence-corrected chi connectivity index (χ3v) is 6.15. The molecule has 1 saturated carbocycles. The van der Waals surface area contributed by atoms with Crippen molar-refractivity contribution in [3.63, 3.8) is 0 Å². The van der Waals surface area contributed by atoms with Gasteiger partial charge in [-0.25, -0.2) is 0 Å². The maximum Gasteiger partial charge on any atom is 0.310 e. The standard InChI is InChI=1S/C22H27NO4/c1-15-6-7-19-18(13-26-20(19)10-15)11-22(25)27-14-21(24)23-9-8-16-4-2-3-5-17(16)12-23/h6-7,10,13,16-17H,2-5,8-9,11-12,14H2,1H3/t16-,17+/m1/s1. The predicted octanol–water partition coefficient (Wildman–Crippen LogP) is 3.87. The molecule has 0 bridgehead atoms. The van der Waals surface area contributed by atoms with Gasteiger partial charge in [-0.1, -0.05) is 31.4 Å². The average molecular weight is 369 g/mol. The Kier molecular flexibility index (Phi) is 5.19. The van der Waals surface area contributed by atoms with Gasteiger partial charge in [0, 0.05) is 24.0 Å². The summed E-state index contributed by atoms with van der Waals surface area (Å²) in [6.45, 7) is 3.46. The van der Waals surface area contributed by atoms with Gasteiger partial charge in [-0.15, -0.1) is 0 Å². The molecule has 2 aliphatic rings. The number of hydrogen-bond acceptors (Lipinski definition) is 4. The molecular formula is C22H27NO4. The van der Waals surface area contributed by atoms with Crippen LogP contribution in [0.15, 0.2) is 28.9 Å². The Bertz CT molecular complexity index is 840. The fourth-order valence-electron chi connectivity index (χ4n) is 4.59. The van der Waals surface area contributed by atoms with E-state index in [-0.39, 0.29) is 24.9 Å². The Hall–Kier alpha value is -2.30. The molecule has 4 rings (SSSR count). The second-order valence-electron chi connectivity index (χ2n) is 8.03. The van der Waals surface area contributed by atoms with Crippen LogP contribution in [-0.4, -0.2) is 36.5 Å². The molecule has 2 fully saturated rings. The van der Waals surface area contributed by atoms with Gasteiger partial charge in [0.05, 0.1) is 12.7 Å². The second kappa shape index (κ2) is 7.75. The van der Waals surface area contributed by atoms with Gasteiger partial charge in [0.1, 0.15) is 5.58 Å². The van der Waals surface area contributed by atoms with Crippen LogP contribution in [0.5, 0.6) is 0 Å². The molecular weight excluding hydrogens is 342 g/mol. The molecule has 2 aromatic rings. The fraction of sp³-hybridized carbons (Fsp3) is 0.545. The normalized spacial score (nSPS) is 22.5. The van der Waals surface area contributed by atoms with Crippen molar-refractivity contribution in [1.82, 2.24) is 4.90 Å². The summed E-state index contributed by atoms with van der Waals surface area (Å²) in [6.07, 6.45) is 7.94. The van der Waals surface area contributed by atoms with E-state index < -0.39 is 0 Å². The van der Waals surface area contributed by atoms with Crippen molar-refractivity contribution < 1.29 is 18.7 Å².